The summed E-state index contributed by atoms with van der Waals surface area (Å²) in [4.78, 5) is 13.0. The summed E-state index contributed by atoms with van der Waals surface area (Å²) in [6, 6.07) is 9.76. The number of alkyl halides is 3. The monoisotopic (exact) mass is 383 g/mol. The molecule has 5 nitrogen and oxygen atoms in total. The lowest BCUT2D eigenvalue weighted by atomic mass is 10.2. The second-order valence-electron chi connectivity index (χ2n) is 5.26. The molecule has 2 aromatic rings. The van der Waals surface area contributed by atoms with Gasteiger partial charge in [-0.05, 0) is 36.1 Å². The normalized spacial score (nSPS) is 10.8. The quantitative estimate of drug-likeness (QED) is 0.733. The molecule has 1 aromatic heterocycles. The molecule has 2 rings (SSSR count). The van der Waals surface area contributed by atoms with Crippen LogP contribution >= 0.6 is 11.3 Å². The van der Waals surface area contributed by atoms with Gasteiger partial charge in [0.2, 0.25) is 5.91 Å². The molecule has 0 aliphatic heterocycles. The largest absolute Gasteiger partial charge is 0.483 e. The highest BCUT2D eigenvalue weighted by atomic mass is 32.1. The molecular weight excluding hydrogens is 367 g/mol. The number of carbonyl (C=O) groups excluding carboxylic acids is 1. The summed E-state index contributed by atoms with van der Waals surface area (Å²) in [5.74, 6) is -0.381. The Hall–Kier alpha value is -2.73. The third-order valence-electron chi connectivity index (χ3n) is 3.22. The van der Waals surface area contributed by atoms with Crippen molar-refractivity contribution >= 4 is 22.9 Å². The zero-order chi connectivity index (χ0) is 19.0. The third kappa shape index (κ3) is 6.64. The molecule has 0 bridgehead atoms. The molecule has 0 atom stereocenters. The smallest absolute Gasteiger partial charge is 0.422 e. The number of anilines is 1. The number of amides is 1. The van der Waals surface area contributed by atoms with Gasteiger partial charge < -0.3 is 15.4 Å². The Morgan fingerprint density at radius 3 is 2.77 bits per heavy atom. The van der Waals surface area contributed by atoms with Crippen molar-refractivity contribution in [1.29, 1.82) is 5.26 Å². The van der Waals surface area contributed by atoms with Crippen molar-refractivity contribution in [3.8, 4) is 11.8 Å². The van der Waals surface area contributed by atoms with Gasteiger partial charge >= 0.3 is 6.18 Å². The highest BCUT2D eigenvalue weighted by Crippen LogP contribution is 2.24. The van der Waals surface area contributed by atoms with E-state index in [1.807, 2.05) is 17.5 Å². The molecule has 0 aliphatic rings. The first-order valence-corrected chi connectivity index (χ1v) is 8.52. The summed E-state index contributed by atoms with van der Waals surface area (Å²) in [6.07, 6.45) is -3.74. The predicted octanol–water partition coefficient (Wildman–Crippen LogP) is 3.33. The fourth-order valence-electron chi connectivity index (χ4n) is 2.04. The Balaban J connectivity index is 1.81. The van der Waals surface area contributed by atoms with E-state index in [0.717, 1.165) is 6.42 Å². The van der Waals surface area contributed by atoms with Crippen LogP contribution in [0.15, 0.2) is 35.7 Å². The topological polar surface area (TPSA) is 74.2 Å². The highest BCUT2D eigenvalue weighted by molar-refractivity contribution is 7.09. The van der Waals surface area contributed by atoms with Gasteiger partial charge in [-0.25, -0.2) is 0 Å². The molecule has 1 amide bonds. The number of hydrogen-bond acceptors (Lipinski definition) is 5. The van der Waals surface area contributed by atoms with Crippen molar-refractivity contribution in [3.63, 3.8) is 0 Å². The van der Waals surface area contributed by atoms with Gasteiger partial charge in [0.25, 0.3) is 0 Å². The van der Waals surface area contributed by atoms with Crippen LogP contribution in [-0.2, 0) is 11.2 Å². The van der Waals surface area contributed by atoms with E-state index in [-0.39, 0.29) is 23.8 Å². The van der Waals surface area contributed by atoms with Crippen molar-refractivity contribution in [1.82, 2.24) is 5.32 Å². The summed E-state index contributed by atoms with van der Waals surface area (Å²) in [6.45, 7) is -0.978. The molecule has 138 valence electrons. The summed E-state index contributed by atoms with van der Waals surface area (Å²) in [7, 11) is 0. The molecule has 26 heavy (non-hydrogen) atoms. The van der Waals surface area contributed by atoms with Crippen LogP contribution in [0.1, 0.15) is 10.4 Å². The first-order valence-electron chi connectivity index (χ1n) is 7.64. The van der Waals surface area contributed by atoms with Crippen LogP contribution in [0, 0.1) is 11.3 Å². The van der Waals surface area contributed by atoms with E-state index in [1.54, 1.807) is 17.4 Å². The van der Waals surface area contributed by atoms with Crippen LogP contribution in [0.5, 0.6) is 5.75 Å². The second kappa shape index (κ2) is 9.10. The van der Waals surface area contributed by atoms with Gasteiger partial charge in [0.1, 0.15) is 11.8 Å². The Morgan fingerprint density at radius 2 is 2.12 bits per heavy atom. The number of thiophene rings is 1. The zero-order valence-electron chi connectivity index (χ0n) is 13.6. The number of carbonyl (C=O) groups is 1. The molecule has 1 heterocycles. The van der Waals surface area contributed by atoms with Crippen LogP contribution in [0.4, 0.5) is 18.9 Å². The molecule has 1 aromatic carbocycles. The minimum Gasteiger partial charge on any atom is -0.483 e. The Labute approximate surface area is 152 Å². The van der Waals surface area contributed by atoms with Crippen molar-refractivity contribution in [2.75, 3.05) is 25.0 Å². The lowest BCUT2D eigenvalue weighted by molar-refractivity contribution is -0.153. The standard InChI is InChI=1S/C17H16F3N3O2S/c18-17(19,20)11-25-15-4-3-13(8-12(15)9-21)23-10-16(24)22-6-5-14-2-1-7-26-14/h1-4,7-8,23H,5-6,10-11H2,(H,22,24). The highest BCUT2D eigenvalue weighted by Gasteiger charge is 2.28. The number of nitrogens with zero attached hydrogens (tertiary/aromatic N) is 1. The van der Waals surface area contributed by atoms with Gasteiger partial charge in [-0.2, -0.15) is 18.4 Å². The van der Waals surface area contributed by atoms with E-state index in [1.165, 1.54) is 23.1 Å². The average Bonchev–Trinajstić information content (AvgIpc) is 3.11. The van der Waals surface area contributed by atoms with Crippen LogP contribution in [-0.4, -0.2) is 31.8 Å². The second-order valence-corrected chi connectivity index (χ2v) is 6.29. The number of ether oxygens (including phenoxy) is 1. The van der Waals surface area contributed by atoms with E-state index < -0.39 is 12.8 Å². The molecular formula is C17H16F3N3O2S. The van der Waals surface area contributed by atoms with Crippen molar-refractivity contribution in [2.45, 2.75) is 12.6 Å². The summed E-state index contributed by atoms with van der Waals surface area (Å²) in [5.41, 5.74) is 0.395. The predicted molar refractivity (Wildman–Crippen MR) is 92.2 cm³/mol. The maximum absolute atomic E-state index is 12.2. The van der Waals surface area contributed by atoms with Gasteiger partial charge in [0.15, 0.2) is 6.61 Å². The number of benzene rings is 1. The first-order chi connectivity index (χ1) is 12.4. The first kappa shape index (κ1) is 19.6. The van der Waals surface area contributed by atoms with Crippen LogP contribution in [0.25, 0.3) is 0 Å². The molecule has 0 saturated carbocycles. The molecule has 0 radical (unpaired) electrons. The number of nitriles is 1. The van der Waals surface area contributed by atoms with Crippen LogP contribution in [0.2, 0.25) is 0 Å². The third-order valence-corrected chi connectivity index (χ3v) is 4.15. The van der Waals surface area contributed by atoms with Gasteiger partial charge in [0.05, 0.1) is 12.1 Å². The maximum atomic E-state index is 12.2. The maximum Gasteiger partial charge on any atom is 0.422 e. The van der Waals surface area contributed by atoms with Crippen LogP contribution < -0.4 is 15.4 Å². The van der Waals surface area contributed by atoms with E-state index in [9.17, 15) is 18.0 Å². The molecule has 0 unspecified atom stereocenters. The molecule has 2 N–H and O–H groups in total. The number of halogens is 3. The van der Waals surface area contributed by atoms with Gasteiger partial charge in [-0.3, -0.25) is 4.79 Å². The fourth-order valence-corrected chi connectivity index (χ4v) is 2.75. The van der Waals surface area contributed by atoms with Crippen molar-refractivity contribution < 1.29 is 22.7 Å². The van der Waals surface area contributed by atoms with Gasteiger partial charge in [-0.15, -0.1) is 11.3 Å². The molecule has 9 heteroatoms. The molecule has 0 spiro atoms. The molecule has 0 fully saturated rings. The number of rotatable bonds is 8. The lowest BCUT2D eigenvalue weighted by Gasteiger charge is -2.12. The molecule has 0 saturated heterocycles. The number of nitrogens with one attached hydrogen (secondary N) is 2. The van der Waals surface area contributed by atoms with E-state index in [0.29, 0.717) is 12.2 Å². The minimum absolute atomic E-state index is 0.0158. The van der Waals surface area contributed by atoms with Gasteiger partial charge in [0, 0.05) is 17.1 Å². The van der Waals surface area contributed by atoms with E-state index >= 15 is 0 Å². The Kier molecular flexibility index (Phi) is 6.86. The van der Waals surface area contributed by atoms with E-state index in [4.69, 9.17) is 5.26 Å². The lowest BCUT2D eigenvalue weighted by Crippen LogP contribution is -2.31. The summed E-state index contributed by atoms with van der Waals surface area (Å²) < 4.78 is 41.2. The summed E-state index contributed by atoms with van der Waals surface area (Å²) in [5, 5.41) is 16.6. The number of hydrogen-bond donors (Lipinski definition) is 2. The Morgan fingerprint density at radius 1 is 1.31 bits per heavy atom. The molecule has 0 aliphatic carbocycles. The van der Waals surface area contributed by atoms with Crippen LogP contribution in [0.3, 0.4) is 0 Å². The zero-order valence-corrected chi connectivity index (χ0v) is 14.4. The van der Waals surface area contributed by atoms with Gasteiger partial charge in [-0.1, -0.05) is 6.07 Å². The van der Waals surface area contributed by atoms with E-state index in [2.05, 4.69) is 15.4 Å². The van der Waals surface area contributed by atoms with Crippen molar-refractivity contribution in [3.05, 3.63) is 46.2 Å². The Bertz CT molecular complexity index is 771. The van der Waals surface area contributed by atoms with Crippen molar-refractivity contribution in [2.24, 2.45) is 0 Å². The fraction of sp³-hybridized carbons (Fsp3) is 0.294. The minimum atomic E-state index is -4.48. The average molecular weight is 383 g/mol. The summed E-state index contributed by atoms with van der Waals surface area (Å²) >= 11 is 1.62. The SMILES string of the molecule is N#Cc1cc(NCC(=O)NCCc2cccs2)ccc1OCC(F)(F)F.